The summed E-state index contributed by atoms with van der Waals surface area (Å²) in [5.74, 6) is 1.14. The summed E-state index contributed by atoms with van der Waals surface area (Å²) in [6.45, 7) is -0.529. The minimum absolute atomic E-state index is 0.0761. The van der Waals surface area contributed by atoms with Crippen molar-refractivity contribution in [1.29, 1.82) is 0 Å². The van der Waals surface area contributed by atoms with E-state index in [0.717, 1.165) is 15.8 Å². The zero-order valence-electron chi connectivity index (χ0n) is 11.1. The van der Waals surface area contributed by atoms with E-state index in [-0.39, 0.29) is 6.54 Å². The van der Waals surface area contributed by atoms with Crippen LogP contribution in [0.3, 0.4) is 0 Å². The van der Waals surface area contributed by atoms with Crippen molar-refractivity contribution in [2.45, 2.75) is 0 Å². The molecule has 0 aliphatic heterocycles. The van der Waals surface area contributed by atoms with E-state index in [1.807, 2.05) is 6.07 Å². The Morgan fingerprint density at radius 3 is 2.90 bits per heavy atom. The molecule has 1 aromatic heterocycles. The molecule has 0 unspecified atom stereocenters. The lowest BCUT2D eigenvalue weighted by Crippen LogP contribution is -2.39. The van der Waals surface area contributed by atoms with Gasteiger partial charge >= 0.3 is 12.0 Å². The highest BCUT2D eigenvalue weighted by atomic mass is 16.4. The molecule has 1 heterocycles. The van der Waals surface area contributed by atoms with Crippen molar-refractivity contribution in [3.8, 4) is 12.3 Å². The fourth-order valence-electron chi connectivity index (χ4n) is 1.83. The van der Waals surface area contributed by atoms with E-state index in [1.165, 1.54) is 0 Å². The molecule has 0 aliphatic rings. The number of aromatic nitrogens is 1. The van der Waals surface area contributed by atoms with Crippen LogP contribution in [0.4, 0.5) is 10.5 Å². The SMILES string of the molecule is C#CCN(CC(=O)O)C(=O)Nc1ccc2ncccc2c1. The first-order chi connectivity index (χ1) is 10.1. The highest BCUT2D eigenvalue weighted by Gasteiger charge is 2.15. The Kier molecular flexibility index (Phi) is 4.36. The molecule has 2 N–H and O–H groups in total. The minimum atomic E-state index is -1.12. The van der Waals surface area contributed by atoms with Gasteiger partial charge in [0.2, 0.25) is 0 Å². The Bertz CT molecular complexity index is 721. The average molecular weight is 283 g/mol. The topological polar surface area (TPSA) is 82.5 Å². The van der Waals surface area contributed by atoms with E-state index >= 15 is 0 Å². The first-order valence-corrected chi connectivity index (χ1v) is 6.16. The lowest BCUT2D eigenvalue weighted by Gasteiger charge is -2.18. The molecule has 0 saturated heterocycles. The molecule has 0 atom stereocenters. The van der Waals surface area contributed by atoms with Crippen LogP contribution in [0, 0.1) is 12.3 Å². The second-order valence-corrected chi connectivity index (χ2v) is 4.29. The molecule has 6 nitrogen and oxygen atoms in total. The van der Waals surface area contributed by atoms with Gasteiger partial charge in [0, 0.05) is 17.3 Å². The third-order valence-corrected chi connectivity index (χ3v) is 2.75. The fraction of sp³-hybridized carbons (Fsp3) is 0.133. The van der Waals surface area contributed by atoms with Gasteiger partial charge in [-0.3, -0.25) is 9.78 Å². The van der Waals surface area contributed by atoms with Crippen LogP contribution in [-0.4, -0.2) is 40.1 Å². The number of hydrogen-bond acceptors (Lipinski definition) is 3. The number of pyridine rings is 1. The standard InChI is InChI=1S/C15H13N3O3/c1-2-8-18(10-14(19)20)15(21)17-12-5-6-13-11(9-12)4-3-7-16-13/h1,3-7,9H,8,10H2,(H,17,21)(H,19,20). The van der Waals surface area contributed by atoms with Crippen molar-refractivity contribution in [2.75, 3.05) is 18.4 Å². The van der Waals surface area contributed by atoms with Crippen molar-refractivity contribution in [1.82, 2.24) is 9.88 Å². The molecule has 21 heavy (non-hydrogen) atoms. The van der Waals surface area contributed by atoms with Gasteiger partial charge in [-0.15, -0.1) is 6.42 Å². The number of amides is 2. The molecular formula is C15H13N3O3. The molecule has 1 aromatic carbocycles. The van der Waals surface area contributed by atoms with Gasteiger partial charge < -0.3 is 15.3 Å². The van der Waals surface area contributed by atoms with E-state index in [2.05, 4.69) is 16.2 Å². The average Bonchev–Trinajstić information content (AvgIpc) is 2.46. The van der Waals surface area contributed by atoms with Gasteiger partial charge in [-0.25, -0.2) is 4.79 Å². The molecule has 2 rings (SSSR count). The number of carboxylic acids is 1. The molecular weight excluding hydrogens is 270 g/mol. The van der Waals surface area contributed by atoms with Crippen molar-refractivity contribution in [2.24, 2.45) is 0 Å². The zero-order chi connectivity index (χ0) is 15.2. The Morgan fingerprint density at radius 1 is 1.38 bits per heavy atom. The maximum atomic E-state index is 12.0. The number of carbonyl (C=O) groups is 2. The summed E-state index contributed by atoms with van der Waals surface area (Å²) in [5.41, 5.74) is 1.36. The second-order valence-electron chi connectivity index (χ2n) is 4.29. The number of terminal acetylenes is 1. The molecule has 0 radical (unpaired) electrons. The summed E-state index contributed by atoms with van der Waals surface area (Å²) in [4.78, 5) is 27.9. The number of urea groups is 1. The van der Waals surface area contributed by atoms with E-state index in [4.69, 9.17) is 11.5 Å². The molecule has 6 heteroatoms. The summed E-state index contributed by atoms with van der Waals surface area (Å²) in [5, 5.41) is 12.3. The van der Waals surface area contributed by atoms with Crippen LogP contribution < -0.4 is 5.32 Å². The number of rotatable bonds is 4. The number of fused-ring (bicyclic) bond motifs is 1. The van der Waals surface area contributed by atoms with Gasteiger partial charge in [0.1, 0.15) is 6.54 Å². The minimum Gasteiger partial charge on any atom is -0.480 e. The number of nitrogens with one attached hydrogen (secondary N) is 1. The van der Waals surface area contributed by atoms with Crippen molar-refractivity contribution in [3.63, 3.8) is 0 Å². The lowest BCUT2D eigenvalue weighted by atomic mass is 10.2. The first-order valence-electron chi connectivity index (χ1n) is 6.16. The Hall–Kier alpha value is -3.07. The normalized spacial score (nSPS) is 9.86. The zero-order valence-corrected chi connectivity index (χ0v) is 11.1. The van der Waals surface area contributed by atoms with Crippen LogP contribution in [0.1, 0.15) is 0 Å². The first kappa shape index (κ1) is 14.3. The largest absolute Gasteiger partial charge is 0.480 e. The molecule has 2 aromatic rings. The number of anilines is 1. The van der Waals surface area contributed by atoms with Gasteiger partial charge in [-0.1, -0.05) is 12.0 Å². The quantitative estimate of drug-likeness (QED) is 0.838. The Morgan fingerprint density at radius 2 is 2.19 bits per heavy atom. The van der Waals surface area contributed by atoms with Gasteiger partial charge in [0.15, 0.2) is 0 Å². The predicted molar refractivity (Wildman–Crippen MR) is 78.8 cm³/mol. The Balaban J connectivity index is 2.15. The van der Waals surface area contributed by atoms with Crippen LogP contribution in [0.5, 0.6) is 0 Å². The summed E-state index contributed by atoms with van der Waals surface area (Å²) >= 11 is 0. The predicted octanol–water partition coefficient (Wildman–Crippen LogP) is 1.79. The maximum Gasteiger partial charge on any atom is 0.323 e. The van der Waals surface area contributed by atoms with Crippen molar-refractivity contribution in [3.05, 3.63) is 36.5 Å². The van der Waals surface area contributed by atoms with Gasteiger partial charge in [0.05, 0.1) is 12.1 Å². The summed E-state index contributed by atoms with van der Waals surface area (Å²) in [6, 6.07) is 8.33. The van der Waals surface area contributed by atoms with Crippen LogP contribution >= 0.6 is 0 Å². The van der Waals surface area contributed by atoms with E-state index in [0.29, 0.717) is 5.69 Å². The second kappa shape index (κ2) is 6.39. The third-order valence-electron chi connectivity index (χ3n) is 2.75. The van der Waals surface area contributed by atoms with Crippen molar-refractivity contribution < 1.29 is 14.7 Å². The van der Waals surface area contributed by atoms with Gasteiger partial charge in [-0.05, 0) is 24.3 Å². The molecule has 106 valence electrons. The number of benzene rings is 1. The summed E-state index contributed by atoms with van der Waals surface area (Å²) in [6.07, 6.45) is 6.82. The monoisotopic (exact) mass is 283 g/mol. The fourth-order valence-corrected chi connectivity index (χ4v) is 1.83. The molecule has 0 spiro atoms. The number of aliphatic carboxylic acids is 1. The van der Waals surface area contributed by atoms with E-state index in [1.54, 1.807) is 30.5 Å². The smallest absolute Gasteiger partial charge is 0.323 e. The molecule has 0 saturated carbocycles. The Labute approximate surface area is 121 Å². The molecule has 2 amide bonds. The molecule has 0 bridgehead atoms. The van der Waals surface area contributed by atoms with Crippen LogP contribution in [0.15, 0.2) is 36.5 Å². The van der Waals surface area contributed by atoms with Crippen LogP contribution in [0.2, 0.25) is 0 Å². The summed E-state index contributed by atoms with van der Waals surface area (Å²) < 4.78 is 0. The van der Waals surface area contributed by atoms with Gasteiger partial charge in [0.25, 0.3) is 0 Å². The van der Waals surface area contributed by atoms with Crippen molar-refractivity contribution >= 4 is 28.6 Å². The van der Waals surface area contributed by atoms with Crippen LogP contribution in [0.25, 0.3) is 10.9 Å². The maximum absolute atomic E-state index is 12.0. The highest BCUT2D eigenvalue weighted by molar-refractivity contribution is 5.94. The number of carbonyl (C=O) groups excluding carboxylic acids is 1. The highest BCUT2D eigenvalue weighted by Crippen LogP contribution is 2.17. The van der Waals surface area contributed by atoms with Gasteiger partial charge in [-0.2, -0.15) is 0 Å². The van der Waals surface area contributed by atoms with E-state index < -0.39 is 18.5 Å². The molecule has 0 aliphatic carbocycles. The number of carboxylic acid groups (broad SMARTS) is 1. The lowest BCUT2D eigenvalue weighted by molar-refractivity contribution is -0.137. The third kappa shape index (κ3) is 3.70. The number of hydrogen-bond donors (Lipinski definition) is 2. The number of nitrogens with zero attached hydrogens (tertiary/aromatic N) is 2. The molecule has 0 fully saturated rings. The summed E-state index contributed by atoms with van der Waals surface area (Å²) in [7, 11) is 0. The van der Waals surface area contributed by atoms with Crippen LogP contribution in [-0.2, 0) is 4.79 Å². The van der Waals surface area contributed by atoms with E-state index in [9.17, 15) is 9.59 Å².